The van der Waals surface area contributed by atoms with Crippen LogP contribution < -0.4 is 21.3 Å². The number of carboxylic acid groups (broad SMARTS) is 1. The van der Waals surface area contributed by atoms with Crippen molar-refractivity contribution in [1.29, 1.82) is 0 Å². The summed E-state index contributed by atoms with van der Waals surface area (Å²) in [4.78, 5) is 41.9. The summed E-state index contributed by atoms with van der Waals surface area (Å²) in [6.07, 6.45) is 1.73. The average molecular weight is 412 g/mol. The molecule has 158 valence electrons. The highest BCUT2D eigenvalue weighted by Crippen LogP contribution is 2.19. The second-order valence-corrected chi connectivity index (χ2v) is 6.13. The van der Waals surface area contributed by atoms with Gasteiger partial charge in [0.2, 0.25) is 11.8 Å². The van der Waals surface area contributed by atoms with Gasteiger partial charge in [-0.1, -0.05) is 30.3 Å². The van der Waals surface area contributed by atoms with Gasteiger partial charge in [-0.05, 0) is 0 Å². The van der Waals surface area contributed by atoms with Crippen molar-refractivity contribution >= 4 is 29.4 Å². The van der Waals surface area contributed by atoms with Crippen LogP contribution in [0.4, 0.5) is 11.6 Å². The zero-order chi connectivity index (χ0) is 21.8. The Bertz CT molecular complexity index is 901. The van der Waals surface area contributed by atoms with E-state index < -0.39 is 11.9 Å². The monoisotopic (exact) mass is 412 g/mol. The molecule has 5 N–H and O–H groups in total. The lowest BCUT2D eigenvalue weighted by molar-refractivity contribution is -0.131. The van der Waals surface area contributed by atoms with E-state index >= 15 is 0 Å². The maximum absolute atomic E-state index is 11.5. The number of benzene rings is 1. The quantitative estimate of drug-likeness (QED) is 0.270. The Labute approximate surface area is 173 Å². The van der Waals surface area contributed by atoms with Crippen LogP contribution >= 0.6 is 0 Å². The maximum atomic E-state index is 11.5. The fourth-order valence-corrected chi connectivity index (χ4v) is 2.36. The van der Waals surface area contributed by atoms with Crippen LogP contribution in [0.1, 0.15) is 6.92 Å². The number of rotatable bonds is 11. The van der Waals surface area contributed by atoms with E-state index in [1.807, 2.05) is 30.3 Å². The molecule has 0 aliphatic rings. The first-order valence-electron chi connectivity index (χ1n) is 9.29. The highest BCUT2D eigenvalue weighted by molar-refractivity contribution is 5.93. The van der Waals surface area contributed by atoms with Crippen LogP contribution in [0.25, 0.3) is 11.4 Å². The van der Waals surface area contributed by atoms with Crippen molar-refractivity contribution in [3.8, 4) is 11.4 Å². The minimum absolute atomic E-state index is 0.105. The smallest absolute Gasteiger partial charge is 0.328 e. The number of nitrogens with one attached hydrogen (secondary N) is 4. The van der Waals surface area contributed by atoms with Crippen molar-refractivity contribution in [2.45, 2.75) is 6.92 Å². The van der Waals surface area contributed by atoms with Crippen molar-refractivity contribution in [1.82, 2.24) is 20.6 Å². The van der Waals surface area contributed by atoms with Crippen molar-refractivity contribution in [3.63, 3.8) is 0 Å². The predicted molar refractivity (Wildman–Crippen MR) is 113 cm³/mol. The Morgan fingerprint density at radius 2 is 1.50 bits per heavy atom. The number of nitrogens with zero attached hydrogens (tertiary/aromatic N) is 2. The van der Waals surface area contributed by atoms with E-state index in [4.69, 9.17) is 5.11 Å². The molecule has 0 spiro atoms. The van der Waals surface area contributed by atoms with Crippen molar-refractivity contribution in [2.24, 2.45) is 0 Å². The lowest BCUT2D eigenvalue weighted by Gasteiger charge is -2.12. The zero-order valence-electron chi connectivity index (χ0n) is 16.5. The third-order valence-electron chi connectivity index (χ3n) is 3.67. The number of hydrogen-bond acceptors (Lipinski definition) is 7. The van der Waals surface area contributed by atoms with Gasteiger partial charge in [-0.25, -0.2) is 14.8 Å². The Hall–Kier alpha value is -3.95. The summed E-state index contributed by atoms with van der Waals surface area (Å²) in [6.45, 7) is 3.06. The molecule has 1 aromatic heterocycles. The summed E-state index contributed by atoms with van der Waals surface area (Å²) >= 11 is 0. The molecule has 1 heterocycles. The number of anilines is 2. The molecule has 0 unspecified atom stereocenters. The van der Waals surface area contributed by atoms with Crippen LogP contribution in [-0.2, 0) is 14.4 Å². The van der Waals surface area contributed by atoms with Crippen LogP contribution in [0, 0.1) is 0 Å². The summed E-state index contributed by atoms with van der Waals surface area (Å²) in [5.74, 6) is -0.113. The molecule has 2 rings (SSSR count). The van der Waals surface area contributed by atoms with Gasteiger partial charge in [0.1, 0.15) is 11.6 Å². The van der Waals surface area contributed by atoms with Crippen molar-refractivity contribution in [2.75, 3.05) is 36.8 Å². The van der Waals surface area contributed by atoms with Gasteiger partial charge in [0, 0.05) is 56.9 Å². The standard InChI is InChI=1S/C20H24N6O4/c1-14(27)21-9-10-22-16-13-17(23-11-12-24-18(28)7-8-19(29)30)26-20(25-16)15-5-3-2-4-6-15/h2-8,13H,9-12H2,1H3,(H,21,27)(H,24,28)(H,29,30)(H2,22,23,25,26)/b8-7+. The Morgan fingerprint density at radius 3 is 2.07 bits per heavy atom. The third-order valence-corrected chi connectivity index (χ3v) is 3.67. The molecular formula is C20H24N6O4. The van der Waals surface area contributed by atoms with E-state index in [-0.39, 0.29) is 12.5 Å². The molecular weight excluding hydrogens is 388 g/mol. The lowest BCUT2D eigenvalue weighted by atomic mass is 10.2. The number of aliphatic carboxylic acids is 1. The van der Waals surface area contributed by atoms with Crippen molar-refractivity contribution < 1.29 is 19.5 Å². The number of amides is 2. The zero-order valence-corrected chi connectivity index (χ0v) is 16.5. The summed E-state index contributed by atoms with van der Waals surface area (Å²) in [6, 6.07) is 11.2. The van der Waals surface area contributed by atoms with E-state index in [1.165, 1.54) is 6.92 Å². The third kappa shape index (κ3) is 8.38. The molecule has 0 fully saturated rings. The topological polar surface area (TPSA) is 145 Å². The first kappa shape index (κ1) is 22.3. The van der Waals surface area contributed by atoms with Gasteiger partial charge >= 0.3 is 5.97 Å². The van der Waals surface area contributed by atoms with Crippen LogP contribution in [0.5, 0.6) is 0 Å². The van der Waals surface area contributed by atoms with E-state index in [2.05, 4.69) is 31.2 Å². The number of carbonyl (C=O) groups is 3. The van der Waals surface area contributed by atoms with Crippen molar-refractivity contribution in [3.05, 3.63) is 48.6 Å². The lowest BCUT2D eigenvalue weighted by Crippen LogP contribution is -2.27. The molecule has 2 amide bonds. The van der Waals surface area contributed by atoms with E-state index in [0.717, 1.165) is 17.7 Å². The second kappa shape index (κ2) is 11.8. The molecule has 0 saturated carbocycles. The molecule has 0 aliphatic heterocycles. The largest absolute Gasteiger partial charge is 0.478 e. The first-order valence-corrected chi connectivity index (χ1v) is 9.29. The molecule has 30 heavy (non-hydrogen) atoms. The van der Waals surface area contributed by atoms with Crippen LogP contribution in [0.3, 0.4) is 0 Å². The Balaban J connectivity index is 2.00. The van der Waals surface area contributed by atoms with E-state index in [1.54, 1.807) is 6.07 Å². The van der Waals surface area contributed by atoms with Crippen LogP contribution in [0.15, 0.2) is 48.6 Å². The molecule has 2 aromatic rings. The summed E-state index contributed by atoms with van der Waals surface area (Å²) in [5, 5.41) is 20.0. The summed E-state index contributed by atoms with van der Waals surface area (Å²) in [5.41, 5.74) is 0.846. The first-order chi connectivity index (χ1) is 14.4. The number of hydrogen-bond donors (Lipinski definition) is 5. The number of aromatic nitrogens is 2. The molecule has 0 atom stereocenters. The van der Waals surface area contributed by atoms with Crippen LogP contribution in [-0.4, -0.2) is 59.0 Å². The van der Waals surface area contributed by atoms with Gasteiger partial charge in [-0.2, -0.15) is 0 Å². The van der Waals surface area contributed by atoms with Gasteiger partial charge in [0.05, 0.1) is 0 Å². The summed E-state index contributed by atoms with van der Waals surface area (Å²) in [7, 11) is 0. The van der Waals surface area contributed by atoms with E-state index in [0.29, 0.717) is 37.1 Å². The van der Waals surface area contributed by atoms with Gasteiger partial charge in [-0.15, -0.1) is 0 Å². The summed E-state index contributed by atoms with van der Waals surface area (Å²) < 4.78 is 0. The van der Waals surface area contributed by atoms with Crippen LogP contribution in [0.2, 0.25) is 0 Å². The molecule has 0 aliphatic carbocycles. The molecule has 0 saturated heterocycles. The molecule has 10 nitrogen and oxygen atoms in total. The highest BCUT2D eigenvalue weighted by atomic mass is 16.4. The fourth-order valence-electron chi connectivity index (χ4n) is 2.36. The van der Waals surface area contributed by atoms with Gasteiger partial charge in [0.15, 0.2) is 5.82 Å². The Morgan fingerprint density at radius 1 is 0.900 bits per heavy atom. The highest BCUT2D eigenvalue weighted by Gasteiger charge is 2.07. The van der Waals surface area contributed by atoms with Gasteiger partial charge in [0.25, 0.3) is 0 Å². The molecule has 0 bridgehead atoms. The minimum Gasteiger partial charge on any atom is -0.478 e. The normalized spacial score (nSPS) is 10.4. The van der Waals surface area contributed by atoms with Gasteiger partial charge in [-0.3, -0.25) is 9.59 Å². The fraction of sp³-hybridized carbons (Fsp3) is 0.250. The SMILES string of the molecule is CC(=O)NCCNc1cc(NCCNC(=O)/C=C/C(=O)O)nc(-c2ccccc2)n1. The number of carboxylic acids is 1. The molecule has 1 aromatic carbocycles. The average Bonchev–Trinajstić information content (AvgIpc) is 2.73. The molecule has 0 radical (unpaired) electrons. The predicted octanol–water partition coefficient (Wildman–Crippen LogP) is 0.861. The van der Waals surface area contributed by atoms with Gasteiger partial charge < -0.3 is 26.4 Å². The minimum atomic E-state index is -1.18. The number of carbonyl (C=O) groups excluding carboxylic acids is 2. The second-order valence-electron chi connectivity index (χ2n) is 6.13. The van der Waals surface area contributed by atoms with E-state index in [9.17, 15) is 14.4 Å². The Kier molecular flexibility index (Phi) is 8.78. The maximum Gasteiger partial charge on any atom is 0.328 e. The molecule has 10 heteroatoms.